The Morgan fingerprint density at radius 3 is 2.39 bits per heavy atom. The summed E-state index contributed by atoms with van der Waals surface area (Å²) >= 11 is 12.5. The standard InChI is InChI=1S/C34H34Cl2F3N5O7/c1-4-50-28(46)15-27(45)21-6-5-11-42(18-21)30(48)19(2)41-29(47)26-17-40-32-43(24-13-22(35)12-23(36)14-24)31(49)33(3,44(26)32)16-20-7-9-25(10-8-20)51-34(37,38)39/h7-10,12-14,17,19,21H,4-6,11,15-16,18H2,1-3H3,(H,41,47)/t19-,21+,33+/m0/s1. The largest absolute Gasteiger partial charge is 0.573 e. The summed E-state index contributed by atoms with van der Waals surface area (Å²) in [5, 5.41) is 3.13. The highest BCUT2D eigenvalue weighted by molar-refractivity contribution is 6.35. The van der Waals surface area contributed by atoms with E-state index in [-0.39, 0.29) is 59.2 Å². The molecule has 2 aliphatic rings. The first-order valence-corrected chi connectivity index (χ1v) is 16.8. The van der Waals surface area contributed by atoms with Crippen LogP contribution < -0.4 is 15.0 Å². The molecule has 1 saturated heterocycles. The molecule has 3 aromatic rings. The molecule has 1 N–H and O–H groups in total. The lowest BCUT2D eigenvalue weighted by atomic mass is 9.91. The van der Waals surface area contributed by atoms with E-state index in [1.807, 2.05) is 0 Å². The second kappa shape index (κ2) is 14.9. The third kappa shape index (κ3) is 8.30. The Morgan fingerprint density at radius 1 is 1.10 bits per heavy atom. The zero-order valence-corrected chi connectivity index (χ0v) is 29.3. The number of carbonyl (C=O) groups excluding carboxylic acids is 5. The Bertz CT molecular complexity index is 1830. The number of Topliss-reactive ketones (excluding diaryl/α,β-unsaturated/α-hetero) is 1. The van der Waals surface area contributed by atoms with Crippen molar-refractivity contribution in [2.45, 2.75) is 64.4 Å². The molecule has 3 heterocycles. The number of amides is 3. The van der Waals surface area contributed by atoms with Crippen molar-refractivity contribution in [1.29, 1.82) is 0 Å². The number of likely N-dealkylation sites (tertiary alicyclic amines) is 1. The first-order valence-electron chi connectivity index (χ1n) is 16.0. The van der Waals surface area contributed by atoms with E-state index in [0.717, 1.165) is 12.1 Å². The number of ketones is 1. The van der Waals surface area contributed by atoms with Gasteiger partial charge in [-0.1, -0.05) is 35.3 Å². The Balaban J connectivity index is 1.40. The number of piperidine rings is 1. The van der Waals surface area contributed by atoms with Crippen LogP contribution in [0.2, 0.25) is 10.0 Å². The molecule has 2 aromatic carbocycles. The van der Waals surface area contributed by atoms with Gasteiger partial charge in [0, 0.05) is 35.5 Å². The van der Waals surface area contributed by atoms with Crippen LogP contribution in [0.15, 0.2) is 48.7 Å². The van der Waals surface area contributed by atoms with Crippen LogP contribution in [0, 0.1) is 5.92 Å². The number of hydrogen-bond donors (Lipinski definition) is 1. The van der Waals surface area contributed by atoms with E-state index in [9.17, 15) is 37.1 Å². The minimum absolute atomic E-state index is 0.0426. The number of hydrogen-bond acceptors (Lipinski definition) is 8. The first-order chi connectivity index (χ1) is 24.0. The van der Waals surface area contributed by atoms with Gasteiger partial charge in [-0.25, -0.2) is 9.88 Å². The number of carbonyl (C=O) groups is 5. The molecule has 2 aliphatic heterocycles. The van der Waals surface area contributed by atoms with Gasteiger partial charge in [-0.2, -0.15) is 0 Å². The highest BCUT2D eigenvalue weighted by Gasteiger charge is 2.51. The number of anilines is 2. The quantitative estimate of drug-likeness (QED) is 0.197. The lowest BCUT2D eigenvalue weighted by molar-refractivity contribution is -0.274. The van der Waals surface area contributed by atoms with Crippen molar-refractivity contribution in [3.8, 4) is 5.75 Å². The fourth-order valence-electron chi connectivity index (χ4n) is 6.38. The molecule has 3 amide bonds. The zero-order chi connectivity index (χ0) is 37.2. The number of halogens is 5. The molecular formula is C34H34Cl2F3N5O7. The Labute approximate surface area is 300 Å². The van der Waals surface area contributed by atoms with Crippen molar-refractivity contribution < 1.29 is 46.6 Å². The predicted octanol–water partition coefficient (Wildman–Crippen LogP) is 5.60. The van der Waals surface area contributed by atoms with Crippen molar-refractivity contribution in [1.82, 2.24) is 19.8 Å². The number of nitrogens with zero attached hydrogens (tertiary/aromatic N) is 4. The highest BCUT2D eigenvalue weighted by atomic mass is 35.5. The van der Waals surface area contributed by atoms with Crippen molar-refractivity contribution >= 4 is 64.3 Å². The second-order valence-corrected chi connectivity index (χ2v) is 13.3. The fraction of sp³-hybridized carbons (Fsp3) is 0.412. The van der Waals surface area contributed by atoms with E-state index in [4.69, 9.17) is 27.9 Å². The molecule has 12 nitrogen and oxygen atoms in total. The summed E-state index contributed by atoms with van der Waals surface area (Å²) in [4.78, 5) is 73.3. The maximum absolute atomic E-state index is 14.3. The minimum atomic E-state index is -4.89. The molecular weight excluding hydrogens is 718 g/mol. The smallest absolute Gasteiger partial charge is 0.466 e. The van der Waals surface area contributed by atoms with Crippen molar-refractivity contribution in [2.24, 2.45) is 5.92 Å². The van der Waals surface area contributed by atoms with Crippen molar-refractivity contribution in [3.63, 3.8) is 0 Å². The molecule has 17 heteroatoms. The lowest BCUT2D eigenvalue weighted by Gasteiger charge is -2.33. The molecule has 272 valence electrons. The van der Waals surface area contributed by atoms with Gasteiger partial charge in [0.25, 0.3) is 11.8 Å². The summed E-state index contributed by atoms with van der Waals surface area (Å²) in [6.07, 6.45) is -3.09. The summed E-state index contributed by atoms with van der Waals surface area (Å²) < 4.78 is 48.5. The zero-order valence-electron chi connectivity index (χ0n) is 27.8. The van der Waals surface area contributed by atoms with Gasteiger partial charge in [0.05, 0.1) is 18.5 Å². The number of aromatic nitrogens is 2. The number of imidazole rings is 1. The number of esters is 1. The van der Waals surface area contributed by atoms with Crippen molar-refractivity contribution in [3.05, 3.63) is 70.0 Å². The van der Waals surface area contributed by atoms with E-state index in [2.05, 4.69) is 15.0 Å². The second-order valence-electron chi connectivity index (χ2n) is 12.5. The number of nitrogens with one attached hydrogen (secondary N) is 1. The summed E-state index contributed by atoms with van der Waals surface area (Å²) in [5.41, 5.74) is -0.922. The number of rotatable bonds is 11. The fourth-order valence-corrected chi connectivity index (χ4v) is 6.90. The van der Waals surface area contributed by atoms with Crippen LogP contribution in [0.3, 0.4) is 0 Å². The first kappa shape index (κ1) is 37.6. The molecule has 51 heavy (non-hydrogen) atoms. The van der Waals surface area contributed by atoms with Gasteiger partial charge in [0.2, 0.25) is 11.9 Å². The van der Waals surface area contributed by atoms with E-state index in [0.29, 0.717) is 24.9 Å². The van der Waals surface area contributed by atoms with Crippen LogP contribution in [0.1, 0.15) is 56.1 Å². The maximum atomic E-state index is 14.3. The Hall–Kier alpha value is -4.63. The molecule has 0 spiro atoms. The van der Waals surface area contributed by atoms with Crippen LogP contribution in [-0.4, -0.2) is 76.0 Å². The van der Waals surface area contributed by atoms with Crippen molar-refractivity contribution in [2.75, 3.05) is 24.6 Å². The van der Waals surface area contributed by atoms with Crippen LogP contribution >= 0.6 is 23.2 Å². The maximum Gasteiger partial charge on any atom is 0.573 e. The van der Waals surface area contributed by atoms with Gasteiger partial charge in [-0.15, -0.1) is 13.2 Å². The Morgan fingerprint density at radius 2 is 1.76 bits per heavy atom. The lowest BCUT2D eigenvalue weighted by Crippen LogP contribution is -2.51. The van der Waals surface area contributed by atoms with Gasteiger partial charge < -0.3 is 19.7 Å². The average Bonchev–Trinajstić information content (AvgIpc) is 3.58. The number of fused-ring (bicyclic) bond motifs is 1. The van der Waals surface area contributed by atoms with Crippen LogP contribution in [0.4, 0.5) is 24.8 Å². The molecule has 0 unspecified atom stereocenters. The van der Waals surface area contributed by atoms with Crippen LogP contribution in [0.5, 0.6) is 5.75 Å². The van der Waals surface area contributed by atoms with E-state index >= 15 is 0 Å². The molecule has 0 saturated carbocycles. The molecule has 3 atom stereocenters. The summed E-state index contributed by atoms with van der Waals surface area (Å²) in [7, 11) is 0. The van der Waals surface area contributed by atoms with Crippen LogP contribution in [-0.2, 0) is 35.9 Å². The summed E-state index contributed by atoms with van der Waals surface area (Å²) in [6.45, 7) is 5.25. The van der Waals surface area contributed by atoms with E-state index < -0.39 is 53.3 Å². The summed E-state index contributed by atoms with van der Waals surface area (Å²) in [6, 6.07) is 8.37. The minimum Gasteiger partial charge on any atom is -0.466 e. The summed E-state index contributed by atoms with van der Waals surface area (Å²) in [5.74, 6) is -3.64. The Kier molecular flexibility index (Phi) is 11.0. The molecule has 1 aromatic heterocycles. The third-order valence-corrected chi connectivity index (χ3v) is 9.11. The predicted molar refractivity (Wildman–Crippen MR) is 179 cm³/mol. The molecule has 0 aliphatic carbocycles. The molecule has 5 rings (SSSR count). The van der Waals surface area contributed by atoms with E-state index in [1.54, 1.807) is 13.8 Å². The van der Waals surface area contributed by atoms with Gasteiger partial charge in [-0.3, -0.25) is 28.5 Å². The molecule has 0 radical (unpaired) electrons. The average molecular weight is 753 g/mol. The normalized spacial score (nSPS) is 19.4. The van der Waals surface area contributed by atoms with Gasteiger partial charge in [0.15, 0.2) is 0 Å². The molecule has 0 bridgehead atoms. The van der Waals surface area contributed by atoms with E-state index in [1.165, 1.54) is 57.8 Å². The third-order valence-electron chi connectivity index (χ3n) is 8.67. The van der Waals surface area contributed by atoms with Gasteiger partial charge in [0.1, 0.15) is 35.2 Å². The topological polar surface area (TPSA) is 140 Å². The number of benzene rings is 2. The monoisotopic (exact) mass is 751 g/mol. The highest BCUT2D eigenvalue weighted by Crippen LogP contribution is 2.43. The van der Waals surface area contributed by atoms with Crippen LogP contribution in [0.25, 0.3) is 0 Å². The van der Waals surface area contributed by atoms with Gasteiger partial charge in [-0.05, 0) is 69.5 Å². The molecule has 1 fully saturated rings. The number of ether oxygens (including phenoxy) is 2. The SMILES string of the molecule is CCOC(=O)CC(=O)[C@@H]1CCCN(C(=O)[C@H](C)NC(=O)c2cnc3n2[C@](C)(Cc2ccc(OC(F)(F)F)cc2)C(=O)N3c2cc(Cl)cc(Cl)c2)C1. The number of alkyl halides is 3. The van der Waals surface area contributed by atoms with Gasteiger partial charge >= 0.3 is 12.3 Å².